The van der Waals surface area contributed by atoms with E-state index in [0.29, 0.717) is 12.0 Å². The van der Waals surface area contributed by atoms with Crippen molar-refractivity contribution in [3.63, 3.8) is 0 Å². The number of methoxy groups -OCH3 is 1. The second kappa shape index (κ2) is 5.30. The molecule has 0 aromatic carbocycles. The first-order valence-corrected chi connectivity index (χ1v) is 5.76. The number of aromatic nitrogens is 1. The molecule has 0 N–H and O–H groups in total. The van der Waals surface area contributed by atoms with E-state index in [9.17, 15) is 9.59 Å². The zero-order chi connectivity index (χ0) is 12.3. The van der Waals surface area contributed by atoms with E-state index in [4.69, 9.17) is 0 Å². The molecule has 5 heteroatoms. The Labute approximate surface area is 102 Å². The van der Waals surface area contributed by atoms with Crippen molar-refractivity contribution in [1.29, 1.82) is 0 Å². The average Bonchev–Trinajstić information content (AvgIpc) is 2.25. The van der Waals surface area contributed by atoms with Crippen LogP contribution in [0, 0.1) is 6.92 Å². The first kappa shape index (κ1) is 13.0. The molecule has 0 bridgehead atoms. The Morgan fingerprint density at radius 2 is 2.25 bits per heavy atom. The number of hydrogen-bond donors (Lipinski definition) is 0. The highest BCUT2D eigenvalue weighted by Crippen LogP contribution is 2.15. The van der Waals surface area contributed by atoms with Crippen LogP contribution >= 0.6 is 15.9 Å². The molecule has 0 aliphatic carbocycles. The van der Waals surface area contributed by atoms with E-state index < -0.39 is 12.0 Å². The number of rotatable bonds is 3. The molecule has 1 heterocycles. The molecule has 4 nitrogen and oxygen atoms in total. The van der Waals surface area contributed by atoms with Crippen LogP contribution in [0.15, 0.2) is 21.5 Å². The maximum absolute atomic E-state index is 11.9. The van der Waals surface area contributed by atoms with Gasteiger partial charge in [0.1, 0.15) is 6.04 Å². The largest absolute Gasteiger partial charge is 0.467 e. The number of ether oxygens (including phenoxy) is 1. The fourth-order valence-electron chi connectivity index (χ4n) is 1.55. The molecule has 1 unspecified atom stereocenters. The maximum atomic E-state index is 11.9. The fraction of sp³-hybridized carbons (Fsp3) is 0.455. The molecule has 0 aliphatic rings. The second-order valence-electron chi connectivity index (χ2n) is 3.50. The molecule has 0 fully saturated rings. The number of esters is 1. The van der Waals surface area contributed by atoms with Gasteiger partial charge < -0.3 is 4.74 Å². The van der Waals surface area contributed by atoms with Gasteiger partial charge in [-0.1, -0.05) is 6.92 Å². The topological polar surface area (TPSA) is 48.3 Å². The van der Waals surface area contributed by atoms with Crippen LogP contribution in [0.5, 0.6) is 0 Å². The van der Waals surface area contributed by atoms with E-state index >= 15 is 0 Å². The van der Waals surface area contributed by atoms with E-state index in [2.05, 4.69) is 20.7 Å². The van der Waals surface area contributed by atoms with Crippen molar-refractivity contribution in [2.75, 3.05) is 7.11 Å². The Morgan fingerprint density at radius 3 is 2.75 bits per heavy atom. The minimum Gasteiger partial charge on any atom is -0.467 e. The summed E-state index contributed by atoms with van der Waals surface area (Å²) in [5, 5.41) is 0. The highest BCUT2D eigenvalue weighted by molar-refractivity contribution is 9.10. The minimum atomic E-state index is -0.561. The summed E-state index contributed by atoms with van der Waals surface area (Å²) in [6.45, 7) is 3.55. The van der Waals surface area contributed by atoms with Crippen molar-refractivity contribution in [2.24, 2.45) is 0 Å². The fourth-order valence-corrected chi connectivity index (χ4v) is 2.11. The number of carbonyl (C=O) groups excluding carboxylic acids is 1. The predicted octanol–water partition coefficient (Wildman–Crippen LogP) is 2.04. The average molecular weight is 288 g/mol. The van der Waals surface area contributed by atoms with E-state index in [1.54, 1.807) is 19.2 Å². The van der Waals surface area contributed by atoms with Gasteiger partial charge >= 0.3 is 5.97 Å². The predicted molar refractivity (Wildman–Crippen MR) is 64.5 cm³/mol. The molecule has 1 aromatic rings. The highest BCUT2D eigenvalue weighted by Gasteiger charge is 2.20. The van der Waals surface area contributed by atoms with Crippen molar-refractivity contribution >= 4 is 21.9 Å². The monoisotopic (exact) mass is 287 g/mol. The third kappa shape index (κ3) is 2.52. The van der Waals surface area contributed by atoms with Crippen molar-refractivity contribution in [3.8, 4) is 0 Å². The summed E-state index contributed by atoms with van der Waals surface area (Å²) in [5.74, 6) is -0.401. The molecule has 1 rings (SSSR count). The zero-order valence-electron chi connectivity index (χ0n) is 9.49. The number of carbonyl (C=O) groups is 1. The lowest BCUT2D eigenvalue weighted by atomic mass is 10.2. The summed E-state index contributed by atoms with van der Waals surface area (Å²) in [4.78, 5) is 23.4. The third-order valence-corrected chi connectivity index (χ3v) is 2.82. The molecule has 0 spiro atoms. The molecule has 0 aliphatic heterocycles. The van der Waals surface area contributed by atoms with E-state index in [-0.39, 0.29) is 5.56 Å². The standard InChI is InChI=1S/C11H14BrNO3/c1-4-9(11(15)16-3)13-6-8(12)5-7(2)10(13)14/h5-6,9H,4H2,1-3H3. The number of pyridine rings is 1. The van der Waals surface area contributed by atoms with Crippen LogP contribution in [0.3, 0.4) is 0 Å². The first-order chi connectivity index (χ1) is 7.51. The number of nitrogens with zero attached hydrogens (tertiary/aromatic N) is 1. The van der Waals surface area contributed by atoms with Crippen LogP contribution in [0.2, 0.25) is 0 Å². The van der Waals surface area contributed by atoms with Gasteiger partial charge in [0.05, 0.1) is 7.11 Å². The van der Waals surface area contributed by atoms with Crippen LogP contribution in [-0.4, -0.2) is 17.6 Å². The van der Waals surface area contributed by atoms with Gasteiger partial charge in [0, 0.05) is 16.2 Å². The second-order valence-corrected chi connectivity index (χ2v) is 4.42. The van der Waals surface area contributed by atoms with Gasteiger partial charge in [0.2, 0.25) is 0 Å². The molecule has 1 atom stereocenters. The van der Waals surface area contributed by atoms with Crippen LogP contribution in [0.4, 0.5) is 0 Å². The van der Waals surface area contributed by atoms with Crippen molar-refractivity contribution in [2.45, 2.75) is 26.3 Å². The van der Waals surface area contributed by atoms with Gasteiger partial charge in [-0.2, -0.15) is 0 Å². The summed E-state index contributed by atoms with van der Waals surface area (Å²) >= 11 is 3.30. The molecule has 0 saturated heterocycles. The van der Waals surface area contributed by atoms with Crippen LogP contribution in [-0.2, 0) is 9.53 Å². The van der Waals surface area contributed by atoms with Gasteiger partial charge in [-0.05, 0) is 35.3 Å². The van der Waals surface area contributed by atoms with Gasteiger partial charge in [-0.25, -0.2) is 4.79 Å². The lowest BCUT2D eigenvalue weighted by molar-refractivity contribution is -0.144. The van der Waals surface area contributed by atoms with Gasteiger partial charge in [-0.3, -0.25) is 9.36 Å². The molecular formula is C11H14BrNO3. The Balaban J connectivity index is 3.30. The molecular weight excluding hydrogens is 274 g/mol. The van der Waals surface area contributed by atoms with Crippen LogP contribution in [0.1, 0.15) is 24.9 Å². The lowest BCUT2D eigenvalue weighted by Gasteiger charge is -2.16. The Bertz CT molecular complexity index is 453. The summed E-state index contributed by atoms with van der Waals surface area (Å²) in [6.07, 6.45) is 2.13. The van der Waals surface area contributed by atoms with Crippen molar-refractivity contribution in [3.05, 3.63) is 32.7 Å². The smallest absolute Gasteiger partial charge is 0.328 e. The van der Waals surface area contributed by atoms with Crippen LogP contribution in [0.25, 0.3) is 0 Å². The summed E-state index contributed by atoms with van der Waals surface area (Å²) in [7, 11) is 1.32. The number of hydrogen-bond acceptors (Lipinski definition) is 3. The normalized spacial score (nSPS) is 12.2. The molecule has 0 amide bonds. The molecule has 1 aromatic heterocycles. The number of aryl methyl sites for hydroxylation is 1. The molecule has 0 radical (unpaired) electrons. The SMILES string of the molecule is CCC(C(=O)OC)n1cc(Br)cc(C)c1=O. The zero-order valence-corrected chi connectivity index (χ0v) is 11.1. The van der Waals surface area contributed by atoms with Gasteiger partial charge in [0.25, 0.3) is 5.56 Å². The lowest BCUT2D eigenvalue weighted by Crippen LogP contribution is -2.31. The minimum absolute atomic E-state index is 0.166. The van der Waals surface area contributed by atoms with E-state index in [1.165, 1.54) is 11.7 Å². The summed E-state index contributed by atoms with van der Waals surface area (Å²) in [5.41, 5.74) is 0.428. The third-order valence-electron chi connectivity index (χ3n) is 2.38. The van der Waals surface area contributed by atoms with Gasteiger partial charge in [-0.15, -0.1) is 0 Å². The molecule has 88 valence electrons. The van der Waals surface area contributed by atoms with E-state index in [1.807, 2.05) is 6.92 Å². The number of halogens is 1. The summed E-state index contributed by atoms with van der Waals surface area (Å²) < 4.78 is 6.86. The van der Waals surface area contributed by atoms with Crippen LogP contribution < -0.4 is 5.56 Å². The Kier molecular flexibility index (Phi) is 4.29. The van der Waals surface area contributed by atoms with Gasteiger partial charge in [0.15, 0.2) is 0 Å². The first-order valence-electron chi connectivity index (χ1n) is 4.97. The molecule has 0 saturated carbocycles. The molecule has 16 heavy (non-hydrogen) atoms. The Hall–Kier alpha value is -1.10. The highest BCUT2D eigenvalue weighted by atomic mass is 79.9. The van der Waals surface area contributed by atoms with E-state index in [0.717, 1.165) is 4.47 Å². The van der Waals surface area contributed by atoms with Crippen molar-refractivity contribution in [1.82, 2.24) is 4.57 Å². The Morgan fingerprint density at radius 1 is 1.62 bits per heavy atom. The quantitative estimate of drug-likeness (QED) is 0.800. The maximum Gasteiger partial charge on any atom is 0.328 e. The van der Waals surface area contributed by atoms with Crippen molar-refractivity contribution < 1.29 is 9.53 Å². The summed E-state index contributed by atoms with van der Waals surface area (Å²) in [6, 6.07) is 1.16.